The summed E-state index contributed by atoms with van der Waals surface area (Å²) in [5, 5.41) is 20.4. The maximum Gasteiger partial charge on any atom is 0.227 e. The summed E-state index contributed by atoms with van der Waals surface area (Å²) in [7, 11) is 10.3. The summed E-state index contributed by atoms with van der Waals surface area (Å²) in [6.07, 6.45) is 18.3. The molecule has 0 radical (unpaired) electrons. The number of benzene rings is 13. The molecule has 692 valence electrons. The van der Waals surface area contributed by atoms with Crippen LogP contribution in [0.15, 0.2) is 350 Å². The highest BCUT2D eigenvalue weighted by molar-refractivity contribution is 6.21. The number of aryl methyl sites for hydroxylation is 12. The van der Waals surface area contributed by atoms with Crippen LogP contribution in [0, 0.1) is 53.4 Å². The Labute approximate surface area is 826 Å². The minimum atomic E-state index is -1.33. The summed E-state index contributed by atoms with van der Waals surface area (Å²) < 4.78 is 78.2. The molecular formula is C129H116N7O5+5. The average Bonchev–Trinajstić information content (AvgIpc) is 1.59. The molecule has 12 nitrogen and oxygen atoms in total. The lowest BCUT2D eigenvalue weighted by atomic mass is 9.85. The molecule has 12 heterocycles. The zero-order valence-corrected chi connectivity index (χ0v) is 82.1. The van der Waals surface area contributed by atoms with E-state index < -0.39 is 12.7 Å². The SMILES string of the molecule is CCc1cc[n+](C)c(-c2c(C)ccc3c2oc2c4ccccc4ccc32)c1.Cc1cc[n+](C)c(-c2c(C)ccc3c2oc2c4ccccc4ccc32)c1.Cc1ccc2c(oc3c4ccccc4ccc23)c1-c1cccc[n+]1C.[2H]C([2H])(c1cc[n+](C)c(-c2cc3c(cc2C)oc2nc4ccccc4cc23)c1)C1CCCC1.[2H]C([2H])(c1cc[n+](C)c(-c2cc3c(cc2C)oc2nc4ccccc4cc23)c1)C1CCCCC1. The van der Waals surface area contributed by atoms with Gasteiger partial charge in [-0.15, -0.1) is 0 Å². The third kappa shape index (κ3) is 16.7. The molecule has 12 aromatic heterocycles. The fourth-order valence-corrected chi connectivity index (χ4v) is 21.8. The monoisotopic (exact) mass is 1850 g/mol. The second kappa shape index (κ2) is 37.2. The van der Waals surface area contributed by atoms with Crippen molar-refractivity contribution in [1.82, 2.24) is 9.97 Å². The summed E-state index contributed by atoms with van der Waals surface area (Å²) in [5.41, 5.74) is 31.9. The predicted molar refractivity (Wildman–Crippen MR) is 579 cm³/mol. The predicted octanol–water partition coefficient (Wildman–Crippen LogP) is 31.2. The van der Waals surface area contributed by atoms with Crippen molar-refractivity contribution in [3.8, 4) is 56.3 Å². The van der Waals surface area contributed by atoms with E-state index in [0.29, 0.717) is 11.4 Å². The molecule has 27 rings (SSSR count). The first-order chi connectivity index (χ1) is 70.4. The van der Waals surface area contributed by atoms with Crippen molar-refractivity contribution in [1.29, 1.82) is 0 Å². The van der Waals surface area contributed by atoms with Crippen molar-refractivity contribution in [2.45, 2.75) is 125 Å². The molecule has 2 aliphatic rings. The number of para-hydroxylation sites is 2. The van der Waals surface area contributed by atoms with Crippen molar-refractivity contribution >= 4 is 164 Å². The van der Waals surface area contributed by atoms with Gasteiger partial charge in [-0.3, -0.25) is 0 Å². The minimum Gasteiger partial charge on any atom is -0.454 e. The van der Waals surface area contributed by atoms with Crippen molar-refractivity contribution in [3.05, 3.63) is 378 Å². The van der Waals surface area contributed by atoms with Crippen LogP contribution >= 0.6 is 0 Å². The van der Waals surface area contributed by atoms with Gasteiger partial charge in [0.05, 0.1) is 27.7 Å². The molecule has 0 aliphatic heterocycles. The second-order valence-corrected chi connectivity index (χ2v) is 39.0. The lowest BCUT2D eigenvalue weighted by Crippen LogP contribution is -2.31. The van der Waals surface area contributed by atoms with Crippen LogP contribution in [0.3, 0.4) is 0 Å². The number of nitrogens with zero attached hydrogens (tertiary/aromatic N) is 7. The van der Waals surface area contributed by atoms with Gasteiger partial charge in [-0.1, -0.05) is 229 Å². The van der Waals surface area contributed by atoms with Crippen LogP contribution in [-0.2, 0) is 54.4 Å². The maximum absolute atomic E-state index is 8.97. The molecule has 0 atom stereocenters. The Balaban J connectivity index is 0.000000101. The number of hydrogen-bond donors (Lipinski definition) is 0. The van der Waals surface area contributed by atoms with Crippen LogP contribution < -0.4 is 22.8 Å². The lowest BCUT2D eigenvalue weighted by Gasteiger charge is -2.21. The molecule has 25 aromatic rings. The maximum atomic E-state index is 8.97. The molecule has 0 bridgehead atoms. The number of aromatic nitrogens is 7. The molecule has 141 heavy (non-hydrogen) atoms. The zero-order chi connectivity index (χ0) is 99.5. The van der Waals surface area contributed by atoms with E-state index in [0.717, 1.165) is 202 Å². The van der Waals surface area contributed by atoms with Crippen LogP contribution in [-0.4, -0.2) is 9.97 Å². The van der Waals surface area contributed by atoms with Gasteiger partial charge in [0, 0.05) is 158 Å². The van der Waals surface area contributed by atoms with Crippen molar-refractivity contribution < 1.29 is 50.4 Å². The topological polar surface area (TPSA) is 111 Å². The highest BCUT2D eigenvalue weighted by Crippen LogP contribution is 2.46. The Kier molecular flexibility index (Phi) is 22.3. The quantitative estimate of drug-likeness (QED) is 0.125. The van der Waals surface area contributed by atoms with Crippen molar-refractivity contribution in [2.24, 2.45) is 47.1 Å². The average molecular weight is 1850 g/mol. The number of fused-ring (bicyclic) bond motifs is 23. The van der Waals surface area contributed by atoms with Gasteiger partial charge in [0.2, 0.25) is 39.9 Å². The van der Waals surface area contributed by atoms with E-state index in [-0.39, 0.29) is 11.8 Å². The number of pyridine rings is 7. The summed E-state index contributed by atoms with van der Waals surface area (Å²) in [5.74, 6) is 0.182. The molecule has 0 saturated heterocycles. The number of hydrogen-bond acceptors (Lipinski definition) is 7. The standard InChI is InChI=1S/C29H29N2O.C28H27N2O.C25H22NO.C24H20NO.C23H18NO/c1-19-14-28-24(25-17-22-10-6-7-11-26(22)30-29(25)32-28)18-23(19)27-16-21(12-13-31(27)2)15-20-8-4-3-5-9-20;1-18-13-27-23(24-16-21-9-5-6-10-25(21)29-28(24)31-27)17-22(18)26-15-20(11-12-30(26)2)14-19-7-3-4-8-19;1-4-17-13-14-26(3)22(15-17)23-16(2)9-11-21-20-12-10-18-7-5-6-8-19(18)24(20)27-25(21)23;1-15-12-13-25(3)21(14-15)22-16(2)8-10-20-19-11-9-17-6-4-5-7-18(17)23(19)26-24(20)22;1-15-10-12-19-18-13-11-16-7-3-4-8-17(16)22(18)25-23(19)21(15)20-9-5-6-14-24(20)2/h6-7,10-14,16-18,20H,3-5,8-9,15H2,1-2H3;5-6,9-13,15-17,19H,3-4,7-8,14H2,1-2H3;5-15H,4H2,1-3H3;4-14H,1-3H3;3-14H,1-2H3/q5*+1/i15D2;14D2;;;. The summed E-state index contributed by atoms with van der Waals surface area (Å²) in [4.78, 5) is 9.47. The molecule has 13 aromatic carbocycles. The van der Waals surface area contributed by atoms with Gasteiger partial charge < -0.3 is 22.1 Å². The van der Waals surface area contributed by atoms with Gasteiger partial charge in [-0.05, 0) is 212 Å². The van der Waals surface area contributed by atoms with E-state index >= 15 is 0 Å². The molecule has 2 fully saturated rings. The van der Waals surface area contributed by atoms with E-state index in [2.05, 4.69) is 348 Å². The van der Waals surface area contributed by atoms with Crippen LogP contribution in [0.1, 0.15) is 120 Å². The van der Waals surface area contributed by atoms with Gasteiger partial charge in [0.1, 0.15) is 79.9 Å². The molecule has 2 saturated carbocycles. The molecule has 0 spiro atoms. The van der Waals surface area contributed by atoms with Gasteiger partial charge >= 0.3 is 0 Å². The van der Waals surface area contributed by atoms with E-state index in [4.69, 9.17) is 37.5 Å². The molecule has 2 aliphatic carbocycles. The Bertz CT molecular complexity index is 9500. The van der Waals surface area contributed by atoms with E-state index in [1.165, 1.54) is 122 Å². The molecule has 12 heteroatoms. The van der Waals surface area contributed by atoms with E-state index in [9.17, 15) is 0 Å². The summed E-state index contributed by atoms with van der Waals surface area (Å²) >= 11 is 0. The minimum absolute atomic E-state index is 0.0857. The van der Waals surface area contributed by atoms with Gasteiger partial charge in [-0.2, -0.15) is 0 Å². The molecule has 0 amide bonds. The first-order valence-electron chi connectivity index (χ1n) is 51.8. The molecule has 0 N–H and O–H groups in total. The fourth-order valence-electron chi connectivity index (χ4n) is 21.8. The Morgan fingerprint density at radius 1 is 0.270 bits per heavy atom. The largest absolute Gasteiger partial charge is 0.454 e. The first-order valence-corrected chi connectivity index (χ1v) is 49.8. The number of furan rings is 5. The molecular weight excluding hydrogens is 1730 g/mol. The van der Waals surface area contributed by atoms with Gasteiger partial charge in [0.15, 0.2) is 31.0 Å². The normalized spacial score (nSPS) is 13.8. The zero-order valence-electron chi connectivity index (χ0n) is 86.1. The number of rotatable bonds is 10. The van der Waals surface area contributed by atoms with E-state index in [1.54, 1.807) is 0 Å². The first kappa shape index (κ1) is 84.5. The lowest BCUT2D eigenvalue weighted by molar-refractivity contribution is -0.660. The second-order valence-electron chi connectivity index (χ2n) is 39.0. The van der Waals surface area contributed by atoms with Gasteiger partial charge in [0.25, 0.3) is 0 Å². The Hall–Kier alpha value is -15.8. The van der Waals surface area contributed by atoms with Crippen LogP contribution in [0.2, 0.25) is 0 Å². The van der Waals surface area contributed by atoms with Crippen LogP contribution in [0.4, 0.5) is 0 Å². The third-order valence-corrected chi connectivity index (χ3v) is 29.5. The van der Waals surface area contributed by atoms with Crippen molar-refractivity contribution in [3.63, 3.8) is 0 Å². The van der Waals surface area contributed by atoms with Crippen LogP contribution in [0.5, 0.6) is 0 Å². The smallest absolute Gasteiger partial charge is 0.227 e. The third-order valence-electron chi connectivity index (χ3n) is 29.5. The van der Waals surface area contributed by atoms with Crippen LogP contribution in [0.25, 0.3) is 220 Å². The highest BCUT2D eigenvalue weighted by Gasteiger charge is 2.29. The van der Waals surface area contributed by atoms with E-state index in [1.807, 2.05) is 87.2 Å². The Morgan fingerprint density at radius 2 is 0.617 bits per heavy atom. The fraction of sp³-hybridized carbons (Fsp3) is 0.202. The summed E-state index contributed by atoms with van der Waals surface area (Å²) in [6, 6.07) is 104. The van der Waals surface area contributed by atoms with Crippen molar-refractivity contribution in [2.75, 3.05) is 0 Å². The highest BCUT2D eigenvalue weighted by atomic mass is 16.4. The van der Waals surface area contributed by atoms with Gasteiger partial charge in [-0.25, -0.2) is 32.8 Å². The Morgan fingerprint density at radius 3 is 1.05 bits per heavy atom. The molecule has 0 unspecified atom stereocenters. The summed E-state index contributed by atoms with van der Waals surface area (Å²) in [6.45, 7) is 15.0.